The van der Waals surface area contributed by atoms with Gasteiger partial charge in [-0.05, 0) is 39.5 Å². The van der Waals surface area contributed by atoms with E-state index < -0.39 is 11.4 Å². The highest BCUT2D eigenvalue weighted by Gasteiger charge is 2.29. The van der Waals surface area contributed by atoms with Gasteiger partial charge in [0, 0.05) is 12.6 Å². The summed E-state index contributed by atoms with van der Waals surface area (Å²) in [6.45, 7) is 6.27. The van der Waals surface area contributed by atoms with Gasteiger partial charge in [-0.15, -0.1) is 0 Å². The van der Waals surface area contributed by atoms with E-state index in [0.717, 1.165) is 5.92 Å². The molecule has 0 amide bonds. The smallest absolute Gasteiger partial charge is 0.310 e. The Kier molecular flexibility index (Phi) is 4.14. The molecule has 0 aromatic carbocycles. The zero-order valence-corrected chi connectivity index (χ0v) is 10.0. The average molecular weight is 213 g/mol. The third-order valence-corrected chi connectivity index (χ3v) is 3.55. The monoisotopic (exact) mass is 213 g/mol. The van der Waals surface area contributed by atoms with Gasteiger partial charge in [-0.2, -0.15) is 0 Å². The first-order chi connectivity index (χ1) is 6.93. The summed E-state index contributed by atoms with van der Waals surface area (Å²) in [6, 6.07) is 0.450. The van der Waals surface area contributed by atoms with Crippen LogP contribution >= 0.6 is 0 Å². The lowest BCUT2D eigenvalue weighted by molar-refractivity contribution is -0.146. The van der Waals surface area contributed by atoms with Crippen molar-refractivity contribution in [1.82, 2.24) is 5.32 Å². The van der Waals surface area contributed by atoms with Crippen LogP contribution in [0, 0.1) is 11.3 Å². The summed E-state index contributed by atoms with van der Waals surface area (Å²) in [5, 5.41) is 12.3. The molecule has 1 saturated carbocycles. The van der Waals surface area contributed by atoms with E-state index in [1.54, 1.807) is 13.8 Å². The van der Waals surface area contributed by atoms with Crippen LogP contribution in [0.5, 0.6) is 0 Å². The molecule has 0 spiro atoms. The number of hydrogen-bond acceptors (Lipinski definition) is 2. The predicted octanol–water partition coefficient (Wildman–Crippen LogP) is 2.27. The van der Waals surface area contributed by atoms with E-state index in [2.05, 4.69) is 12.2 Å². The lowest BCUT2D eigenvalue weighted by Gasteiger charge is -2.26. The zero-order chi connectivity index (χ0) is 11.5. The Balaban J connectivity index is 2.32. The van der Waals surface area contributed by atoms with E-state index in [4.69, 9.17) is 5.11 Å². The van der Waals surface area contributed by atoms with Gasteiger partial charge in [0.15, 0.2) is 0 Å². The highest BCUT2D eigenvalue weighted by atomic mass is 16.4. The lowest BCUT2D eigenvalue weighted by Crippen LogP contribution is -2.42. The number of hydrogen-bond donors (Lipinski definition) is 2. The summed E-state index contributed by atoms with van der Waals surface area (Å²) in [6.07, 6.45) is 5.25. The van der Waals surface area contributed by atoms with Gasteiger partial charge < -0.3 is 10.4 Å². The maximum atomic E-state index is 10.9. The average Bonchev–Trinajstić information content (AvgIpc) is 2.66. The number of nitrogens with one attached hydrogen (secondary N) is 1. The Hall–Kier alpha value is -0.570. The van der Waals surface area contributed by atoms with Crippen LogP contribution in [0.25, 0.3) is 0 Å². The van der Waals surface area contributed by atoms with Crippen molar-refractivity contribution in [1.29, 1.82) is 0 Å². The van der Waals surface area contributed by atoms with E-state index in [0.29, 0.717) is 12.6 Å². The van der Waals surface area contributed by atoms with Crippen LogP contribution in [-0.2, 0) is 4.79 Å². The first-order valence-electron chi connectivity index (χ1n) is 5.90. The molecule has 1 aliphatic rings. The molecule has 88 valence electrons. The van der Waals surface area contributed by atoms with Crippen molar-refractivity contribution < 1.29 is 9.90 Å². The van der Waals surface area contributed by atoms with Crippen LogP contribution in [0.2, 0.25) is 0 Å². The van der Waals surface area contributed by atoms with Gasteiger partial charge in [0.1, 0.15) is 0 Å². The molecule has 1 atom stereocenters. The quantitative estimate of drug-likeness (QED) is 0.736. The highest BCUT2D eigenvalue weighted by molar-refractivity contribution is 5.73. The van der Waals surface area contributed by atoms with Crippen molar-refractivity contribution >= 4 is 5.97 Å². The second-order valence-electron chi connectivity index (χ2n) is 5.40. The van der Waals surface area contributed by atoms with Gasteiger partial charge in [0.2, 0.25) is 0 Å². The predicted molar refractivity (Wildman–Crippen MR) is 60.8 cm³/mol. The van der Waals surface area contributed by atoms with Crippen LogP contribution in [0.3, 0.4) is 0 Å². The Morgan fingerprint density at radius 3 is 2.47 bits per heavy atom. The molecular weight excluding hydrogens is 190 g/mol. The summed E-state index contributed by atoms with van der Waals surface area (Å²) in [5.41, 5.74) is -0.660. The fourth-order valence-electron chi connectivity index (χ4n) is 2.12. The maximum Gasteiger partial charge on any atom is 0.310 e. The molecule has 0 aromatic rings. The third-order valence-electron chi connectivity index (χ3n) is 3.55. The van der Waals surface area contributed by atoms with Crippen molar-refractivity contribution in [3.63, 3.8) is 0 Å². The van der Waals surface area contributed by atoms with Crippen LogP contribution in [-0.4, -0.2) is 23.7 Å². The molecule has 1 fully saturated rings. The van der Waals surface area contributed by atoms with E-state index in [1.807, 2.05) is 0 Å². The fraction of sp³-hybridized carbons (Fsp3) is 0.917. The Labute approximate surface area is 92.3 Å². The van der Waals surface area contributed by atoms with Crippen LogP contribution in [0.15, 0.2) is 0 Å². The highest BCUT2D eigenvalue weighted by Crippen LogP contribution is 2.28. The molecule has 0 aromatic heterocycles. The maximum absolute atomic E-state index is 10.9. The lowest BCUT2D eigenvalue weighted by atomic mass is 9.92. The SMILES string of the molecule is C[C@H](NCC(C)(C)C(=O)O)C1CCCC1. The second-order valence-corrected chi connectivity index (χ2v) is 5.40. The zero-order valence-electron chi connectivity index (χ0n) is 10.0. The normalized spacial score (nSPS) is 20.5. The van der Waals surface area contributed by atoms with Gasteiger partial charge in [-0.3, -0.25) is 4.79 Å². The number of carboxylic acid groups (broad SMARTS) is 1. The third kappa shape index (κ3) is 3.49. The molecule has 15 heavy (non-hydrogen) atoms. The van der Waals surface area contributed by atoms with E-state index in [-0.39, 0.29) is 0 Å². The van der Waals surface area contributed by atoms with Gasteiger partial charge >= 0.3 is 5.97 Å². The molecule has 1 aliphatic carbocycles. The number of carboxylic acids is 1. The molecule has 0 bridgehead atoms. The minimum atomic E-state index is -0.728. The van der Waals surface area contributed by atoms with Gasteiger partial charge in [-0.25, -0.2) is 0 Å². The summed E-state index contributed by atoms with van der Waals surface area (Å²) < 4.78 is 0. The van der Waals surface area contributed by atoms with Crippen LogP contribution < -0.4 is 5.32 Å². The van der Waals surface area contributed by atoms with Crippen molar-refractivity contribution in [3.05, 3.63) is 0 Å². The summed E-state index contributed by atoms with van der Waals surface area (Å²) >= 11 is 0. The van der Waals surface area contributed by atoms with Crippen molar-refractivity contribution in [3.8, 4) is 0 Å². The van der Waals surface area contributed by atoms with E-state index in [1.165, 1.54) is 25.7 Å². The summed E-state index contributed by atoms with van der Waals surface area (Å²) in [5.74, 6) is 0.0169. The molecule has 3 heteroatoms. The molecule has 0 heterocycles. The van der Waals surface area contributed by atoms with Crippen molar-refractivity contribution in [2.24, 2.45) is 11.3 Å². The number of carbonyl (C=O) groups is 1. The Morgan fingerprint density at radius 2 is 2.00 bits per heavy atom. The molecule has 0 unspecified atom stereocenters. The number of aliphatic carboxylic acids is 1. The first kappa shape index (κ1) is 12.5. The molecule has 0 saturated heterocycles. The Bertz CT molecular complexity index is 220. The second kappa shape index (κ2) is 4.97. The molecule has 2 N–H and O–H groups in total. The minimum Gasteiger partial charge on any atom is -0.481 e. The first-order valence-corrected chi connectivity index (χ1v) is 5.90. The van der Waals surface area contributed by atoms with Gasteiger partial charge in [0.05, 0.1) is 5.41 Å². The van der Waals surface area contributed by atoms with Gasteiger partial charge in [0.25, 0.3) is 0 Å². The van der Waals surface area contributed by atoms with Crippen LogP contribution in [0.4, 0.5) is 0 Å². The molecule has 0 aliphatic heterocycles. The van der Waals surface area contributed by atoms with Crippen molar-refractivity contribution in [2.45, 2.75) is 52.5 Å². The summed E-state index contributed by atoms with van der Waals surface area (Å²) in [4.78, 5) is 10.9. The van der Waals surface area contributed by atoms with Gasteiger partial charge in [-0.1, -0.05) is 12.8 Å². The topological polar surface area (TPSA) is 49.3 Å². The molecular formula is C12H23NO2. The largest absolute Gasteiger partial charge is 0.481 e. The summed E-state index contributed by atoms with van der Waals surface area (Å²) in [7, 11) is 0. The molecule has 3 nitrogen and oxygen atoms in total. The van der Waals surface area contributed by atoms with Crippen molar-refractivity contribution in [2.75, 3.05) is 6.54 Å². The molecule has 1 rings (SSSR count). The fourth-order valence-corrected chi connectivity index (χ4v) is 2.12. The van der Waals surface area contributed by atoms with E-state index in [9.17, 15) is 4.79 Å². The number of rotatable bonds is 5. The minimum absolute atomic E-state index is 0.450. The van der Waals surface area contributed by atoms with E-state index >= 15 is 0 Å². The standard InChI is InChI=1S/C12H23NO2/c1-9(10-6-4-5-7-10)13-8-12(2,3)11(14)15/h9-10,13H,4-8H2,1-3H3,(H,14,15)/t9-/m0/s1. The molecule has 0 radical (unpaired) electrons. The van der Waals surface area contributed by atoms with Crippen LogP contribution in [0.1, 0.15) is 46.5 Å². The Morgan fingerprint density at radius 1 is 1.47 bits per heavy atom.